The Hall–Kier alpha value is -2.47. The molecule has 0 spiro atoms. The van der Waals surface area contributed by atoms with Gasteiger partial charge >= 0.3 is 0 Å². The first-order valence-corrected chi connectivity index (χ1v) is 12.3. The highest BCUT2D eigenvalue weighted by atomic mass is 16.2. The van der Waals surface area contributed by atoms with Crippen LogP contribution in [-0.2, 0) is 17.8 Å². The summed E-state index contributed by atoms with van der Waals surface area (Å²) in [6.45, 7) is 4.72. The molecule has 0 bridgehead atoms. The molecule has 2 saturated heterocycles. The zero-order valence-corrected chi connectivity index (χ0v) is 18.9. The van der Waals surface area contributed by atoms with Gasteiger partial charge in [-0.05, 0) is 50.1 Å². The predicted octanol–water partition coefficient (Wildman–Crippen LogP) is 3.17. The van der Waals surface area contributed by atoms with Gasteiger partial charge in [0.1, 0.15) is 5.82 Å². The van der Waals surface area contributed by atoms with Gasteiger partial charge in [-0.25, -0.2) is 4.98 Å². The number of amides is 1. The van der Waals surface area contributed by atoms with Crippen molar-refractivity contribution in [3.8, 4) is 0 Å². The van der Waals surface area contributed by atoms with E-state index in [-0.39, 0.29) is 17.4 Å². The van der Waals surface area contributed by atoms with E-state index in [1.54, 1.807) is 6.07 Å². The summed E-state index contributed by atoms with van der Waals surface area (Å²) in [6, 6.07) is 12.4. The number of carbonyl (C=O) groups excluding carboxylic acids is 1. The molecular formula is C26H34N4O2. The van der Waals surface area contributed by atoms with Gasteiger partial charge in [0.15, 0.2) is 0 Å². The SMILES string of the molecule is O=C(CN1CC[C@@H](c2ccccc2)C1)N1CCC[C@H](c2cc(=O)n3c(n2)CCCCC3)C1. The van der Waals surface area contributed by atoms with Crippen molar-refractivity contribution in [2.24, 2.45) is 0 Å². The normalized spacial score (nSPS) is 24.2. The second-order valence-corrected chi connectivity index (χ2v) is 9.71. The van der Waals surface area contributed by atoms with Crippen LogP contribution in [0.15, 0.2) is 41.2 Å². The number of benzene rings is 1. The highest BCUT2D eigenvalue weighted by Crippen LogP contribution is 2.28. The molecule has 4 heterocycles. The summed E-state index contributed by atoms with van der Waals surface area (Å²) in [6.07, 6.45) is 7.29. The Labute approximate surface area is 190 Å². The van der Waals surface area contributed by atoms with Gasteiger partial charge in [0.05, 0.1) is 12.2 Å². The molecular weight excluding hydrogens is 400 g/mol. The van der Waals surface area contributed by atoms with Crippen molar-refractivity contribution in [3.05, 3.63) is 63.8 Å². The van der Waals surface area contributed by atoms with Crippen LogP contribution in [0.25, 0.3) is 0 Å². The predicted molar refractivity (Wildman–Crippen MR) is 125 cm³/mol. The maximum Gasteiger partial charge on any atom is 0.253 e. The summed E-state index contributed by atoms with van der Waals surface area (Å²) in [5, 5.41) is 0. The molecule has 0 saturated carbocycles. The summed E-state index contributed by atoms with van der Waals surface area (Å²) < 4.78 is 1.86. The van der Waals surface area contributed by atoms with Gasteiger partial charge < -0.3 is 4.90 Å². The molecule has 0 aliphatic carbocycles. The number of piperidine rings is 1. The summed E-state index contributed by atoms with van der Waals surface area (Å²) in [4.78, 5) is 35.1. The quantitative estimate of drug-likeness (QED) is 0.742. The highest BCUT2D eigenvalue weighted by Gasteiger charge is 2.30. The first-order valence-electron chi connectivity index (χ1n) is 12.3. The molecule has 3 aliphatic rings. The molecule has 0 unspecified atom stereocenters. The molecule has 6 nitrogen and oxygen atoms in total. The van der Waals surface area contributed by atoms with Crippen molar-refractivity contribution in [1.82, 2.24) is 19.4 Å². The average Bonchev–Trinajstić information content (AvgIpc) is 3.15. The van der Waals surface area contributed by atoms with Crippen LogP contribution in [0.3, 0.4) is 0 Å². The van der Waals surface area contributed by atoms with Crippen molar-refractivity contribution < 1.29 is 4.79 Å². The number of hydrogen-bond donors (Lipinski definition) is 0. The first-order chi connectivity index (χ1) is 15.7. The van der Waals surface area contributed by atoms with Crippen molar-refractivity contribution in [2.75, 3.05) is 32.7 Å². The molecule has 5 rings (SSSR count). The van der Waals surface area contributed by atoms with E-state index in [9.17, 15) is 9.59 Å². The second kappa shape index (κ2) is 9.57. The second-order valence-electron chi connectivity index (χ2n) is 9.71. The molecule has 2 atom stereocenters. The van der Waals surface area contributed by atoms with Crippen LogP contribution in [-0.4, -0.2) is 58.0 Å². The first kappa shape index (κ1) is 21.4. The van der Waals surface area contributed by atoms with E-state index in [1.807, 2.05) is 9.47 Å². The fraction of sp³-hybridized carbons (Fsp3) is 0.577. The number of aromatic nitrogens is 2. The Kier molecular flexibility index (Phi) is 6.39. The van der Waals surface area contributed by atoms with E-state index >= 15 is 0 Å². The van der Waals surface area contributed by atoms with Crippen LogP contribution >= 0.6 is 0 Å². The monoisotopic (exact) mass is 434 g/mol. The van der Waals surface area contributed by atoms with Crippen LogP contribution in [0.4, 0.5) is 0 Å². The zero-order chi connectivity index (χ0) is 21.9. The van der Waals surface area contributed by atoms with Gasteiger partial charge in [0, 0.05) is 44.6 Å². The van der Waals surface area contributed by atoms with Gasteiger partial charge in [0.25, 0.3) is 5.56 Å². The smallest absolute Gasteiger partial charge is 0.253 e. The topological polar surface area (TPSA) is 58.4 Å². The maximum absolute atomic E-state index is 13.1. The molecule has 0 radical (unpaired) electrons. The Morgan fingerprint density at radius 3 is 2.69 bits per heavy atom. The third kappa shape index (κ3) is 4.65. The summed E-state index contributed by atoms with van der Waals surface area (Å²) >= 11 is 0. The zero-order valence-electron chi connectivity index (χ0n) is 18.9. The average molecular weight is 435 g/mol. The summed E-state index contributed by atoms with van der Waals surface area (Å²) in [5.41, 5.74) is 2.35. The van der Waals surface area contributed by atoms with Gasteiger partial charge in [0.2, 0.25) is 5.91 Å². The fourth-order valence-corrected chi connectivity index (χ4v) is 5.65. The molecule has 170 valence electrons. The molecule has 6 heteroatoms. The van der Waals surface area contributed by atoms with E-state index in [4.69, 9.17) is 4.98 Å². The Balaban J connectivity index is 1.22. The van der Waals surface area contributed by atoms with Crippen LogP contribution in [0.5, 0.6) is 0 Å². The minimum absolute atomic E-state index is 0.0828. The van der Waals surface area contributed by atoms with Gasteiger partial charge in [-0.2, -0.15) is 0 Å². The number of fused-ring (bicyclic) bond motifs is 1. The summed E-state index contributed by atoms with van der Waals surface area (Å²) in [7, 11) is 0. The van der Waals surface area contributed by atoms with Crippen molar-refractivity contribution >= 4 is 5.91 Å². The number of likely N-dealkylation sites (tertiary alicyclic amines) is 2. The lowest BCUT2D eigenvalue weighted by Gasteiger charge is -2.33. The van der Waals surface area contributed by atoms with Gasteiger partial charge in [-0.15, -0.1) is 0 Å². The molecule has 0 N–H and O–H groups in total. The number of rotatable bonds is 4. The third-order valence-electron chi connectivity index (χ3n) is 7.48. The molecule has 1 aromatic carbocycles. The van der Waals surface area contributed by atoms with Gasteiger partial charge in [-0.1, -0.05) is 36.8 Å². The molecule has 3 aliphatic heterocycles. The van der Waals surface area contributed by atoms with Crippen LogP contribution in [0.2, 0.25) is 0 Å². The molecule has 32 heavy (non-hydrogen) atoms. The standard InChI is InChI=1S/C26H34N4O2/c31-25-16-23(27-24-11-5-2-6-14-30(24)25)22-10-7-13-29(18-22)26(32)19-28-15-12-21(17-28)20-8-3-1-4-9-20/h1,3-4,8-9,16,21-22H,2,5-7,10-15,17-19H2/t21-,22+/m1/s1. The molecule has 2 fully saturated rings. The van der Waals surface area contributed by atoms with Crippen molar-refractivity contribution in [3.63, 3.8) is 0 Å². The van der Waals surface area contributed by atoms with Crippen molar-refractivity contribution in [1.29, 1.82) is 0 Å². The molecule has 1 aromatic heterocycles. The van der Waals surface area contributed by atoms with E-state index < -0.39 is 0 Å². The van der Waals surface area contributed by atoms with E-state index in [1.165, 1.54) is 5.56 Å². The molecule has 1 amide bonds. The Morgan fingerprint density at radius 2 is 1.81 bits per heavy atom. The Bertz CT molecular complexity index is 1000. The molecule has 2 aromatic rings. The lowest BCUT2D eigenvalue weighted by molar-refractivity contribution is -0.133. The van der Waals surface area contributed by atoms with Crippen LogP contribution in [0.1, 0.15) is 67.4 Å². The third-order valence-corrected chi connectivity index (χ3v) is 7.48. The Morgan fingerprint density at radius 1 is 0.938 bits per heavy atom. The minimum Gasteiger partial charge on any atom is -0.341 e. The number of aryl methyl sites for hydroxylation is 1. The van der Waals surface area contributed by atoms with E-state index in [2.05, 4.69) is 35.2 Å². The van der Waals surface area contributed by atoms with E-state index in [0.29, 0.717) is 19.0 Å². The number of hydrogen-bond acceptors (Lipinski definition) is 4. The lowest BCUT2D eigenvalue weighted by Crippen LogP contribution is -2.44. The maximum atomic E-state index is 13.1. The highest BCUT2D eigenvalue weighted by molar-refractivity contribution is 5.78. The van der Waals surface area contributed by atoms with Crippen LogP contribution < -0.4 is 5.56 Å². The number of nitrogens with zero attached hydrogens (tertiary/aromatic N) is 4. The van der Waals surface area contributed by atoms with Crippen molar-refractivity contribution in [2.45, 2.75) is 63.3 Å². The lowest BCUT2D eigenvalue weighted by atomic mass is 9.94. The minimum atomic E-state index is 0.0828. The van der Waals surface area contributed by atoms with Gasteiger partial charge in [-0.3, -0.25) is 19.1 Å². The largest absolute Gasteiger partial charge is 0.341 e. The van der Waals surface area contributed by atoms with Crippen LogP contribution in [0, 0.1) is 0 Å². The fourth-order valence-electron chi connectivity index (χ4n) is 5.65. The van der Waals surface area contributed by atoms with E-state index in [0.717, 1.165) is 82.6 Å². The number of carbonyl (C=O) groups is 1. The summed E-state index contributed by atoms with van der Waals surface area (Å²) in [5.74, 6) is 1.85.